The molecule has 4 N–H and O–H groups in total. The Morgan fingerprint density at radius 1 is 1.24 bits per heavy atom. The van der Waals surface area contributed by atoms with Gasteiger partial charge in [-0.05, 0) is 37.3 Å². The topological polar surface area (TPSA) is 95.5 Å². The Morgan fingerprint density at radius 2 is 2.16 bits per heavy atom. The van der Waals surface area contributed by atoms with Crippen molar-refractivity contribution in [3.63, 3.8) is 0 Å². The molecule has 0 amide bonds. The molecule has 1 aliphatic heterocycles. The molecule has 1 saturated carbocycles. The van der Waals surface area contributed by atoms with Crippen LogP contribution in [0, 0.1) is 0 Å². The second kappa shape index (κ2) is 5.73. The highest BCUT2D eigenvalue weighted by atomic mass is 15.3. The Labute approximate surface area is 145 Å². The molecule has 2 fully saturated rings. The van der Waals surface area contributed by atoms with Gasteiger partial charge in [-0.25, -0.2) is 0 Å². The Hall–Kier alpha value is -2.61. The highest BCUT2D eigenvalue weighted by Crippen LogP contribution is 2.44. The molecule has 5 rings (SSSR count). The number of hydrogen-bond donors (Lipinski definition) is 4. The van der Waals surface area contributed by atoms with Gasteiger partial charge in [0.2, 0.25) is 5.95 Å². The first kappa shape index (κ1) is 14.7. The van der Waals surface area contributed by atoms with Crippen LogP contribution in [0.3, 0.4) is 0 Å². The third-order valence-electron chi connectivity index (χ3n) is 4.94. The Bertz CT molecular complexity index is 901. The first-order chi connectivity index (χ1) is 12.3. The fourth-order valence-electron chi connectivity index (χ4n) is 3.52. The standard InChI is InChI=1S/C17H22N8/c1-25-9-12(7-20-25)22-17-23-15-14(13(8-19-15)10-2-3-10)16(24-17)21-11-4-5-18-6-11/h7-11,18H,2-6H2,1H3,(H3,19,21,22,23,24)/t11-/m1/s1. The van der Waals surface area contributed by atoms with E-state index >= 15 is 0 Å². The fraction of sp³-hybridized carbons (Fsp3) is 0.471. The Kier molecular flexibility index (Phi) is 3.37. The van der Waals surface area contributed by atoms with Gasteiger partial charge in [-0.2, -0.15) is 15.1 Å². The van der Waals surface area contributed by atoms with E-state index in [9.17, 15) is 0 Å². The van der Waals surface area contributed by atoms with Crippen LogP contribution < -0.4 is 16.0 Å². The summed E-state index contributed by atoms with van der Waals surface area (Å²) in [6, 6.07) is 0.409. The third-order valence-corrected chi connectivity index (χ3v) is 4.94. The lowest BCUT2D eigenvalue weighted by Gasteiger charge is -2.15. The molecule has 1 aliphatic carbocycles. The van der Waals surface area contributed by atoms with Gasteiger partial charge in [-0.3, -0.25) is 4.68 Å². The first-order valence-corrected chi connectivity index (χ1v) is 8.88. The lowest BCUT2D eigenvalue weighted by molar-refractivity contribution is 0.768. The van der Waals surface area contributed by atoms with Crippen molar-refractivity contribution in [1.29, 1.82) is 0 Å². The van der Waals surface area contributed by atoms with Crippen molar-refractivity contribution in [3.05, 3.63) is 24.2 Å². The van der Waals surface area contributed by atoms with E-state index in [0.717, 1.165) is 42.0 Å². The number of fused-ring (bicyclic) bond motifs is 1. The molecule has 1 saturated heterocycles. The predicted octanol–water partition coefficient (Wildman–Crippen LogP) is 2.09. The van der Waals surface area contributed by atoms with Crippen molar-refractivity contribution in [2.24, 2.45) is 7.05 Å². The minimum absolute atomic E-state index is 0.409. The molecule has 0 spiro atoms. The number of anilines is 3. The number of aromatic amines is 1. The summed E-state index contributed by atoms with van der Waals surface area (Å²) < 4.78 is 1.75. The summed E-state index contributed by atoms with van der Waals surface area (Å²) in [6.07, 6.45) is 9.40. The quantitative estimate of drug-likeness (QED) is 0.569. The molecule has 4 heterocycles. The number of nitrogens with zero attached hydrogens (tertiary/aromatic N) is 4. The second-order valence-corrected chi connectivity index (χ2v) is 7.00. The van der Waals surface area contributed by atoms with E-state index < -0.39 is 0 Å². The summed E-state index contributed by atoms with van der Waals surface area (Å²) in [6.45, 7) is 2.02. The predicted molar refractivity (Wildman–Crippen MR) is 97.3 cm³/mol. The van der Waals surface area contributed by atoms with E-state index in [1.165, 1.54) is 18.4 Å². The van der Waals surface area contributed by atoms with Gasteiger partial charge in [-0.15, -0.1) is 0 Å². The molecule has 3 aromatic rings. The number of hydrogen-bond acceptors (Lipinski definition) is 6. The summed E-state index contributed by atoms with van der Waals surface area (Å²) in [4.78, 5) is 12.8. The molecule has 1 atom stereocenters. The van der Waals surface area contributed by atoms with Crippen LogP contribution >= 0.6 is 0 Å². The minimum Gasteiger partial charge on any atom is -0.365 e. The van der Waals surface area contributed by atoms with Gasteiger partial charge in [0.25, 0.3) is 0 Å². The SMILES string of the molecule is Cn1cc(Nc2nc(N[C@@H]3CCNC3)c3c(C4CC4)c[nH]c3n2)cn1. The molecule has 3 aromatic heterocycles. The van der Waals surface area contributed by atoms with Gasteiger partial charge in [0.1, 0.15) is 11.5 Å². The van der Waals surface area contributed by atoms with Crippen LogP contribution in [0.2, 0.25) is 0 Å². The van der Waals surface area contributed by atoms with Gasteiger partial charge in [0.15, 0.2) is 0 Å². The summed E-state index contributed by atoms with van der Waals surface area (Å²) >= 11 is 0. The van der Waals surface area contributed by atoms with E-state index in [2.05, 4.69) is 37.2 Å². The van der Waals surface area contributed by atoms with Crippen molar-refractivity contribution in [2.45, 2.75) is 31.2 Å². The molecular formula is C17H22N8. The number of aromatic nitrogens is 5. The van der Waals surface area contributed by atoms with Crippen LogP contribution in [-0.4, -0.2) is 43.9 Å². The highest BCUT2D eigenvalue weighted by molar-refractivity contribution is 5.92. The van der Waals surface area contributed by atoms with E-state index in [0.29, 0.717) is 17.9 Å². The monoisotopic (exact) mass is 338 g/mol. The molecule has 0 unspecified atom stereocenters. The molecule has 25 heavy (non-hydrogen) atoms. The zero-order chi connectivity index (χ0) is 16.8. The van der Waals surface area contributed by atoms with Gasteiger partial charge in [0.05, 0.1) is 17.3 Å². The maximum Gasteiger partial charge on any atom is 0.231 e. The van der Waals surface area contributed by atoms with Crippen molar-refractivity contribution in [1.82, 2.24) is 30.0 Å². The van der Waals surface area contributed by atoms with Crippen LogP contribution in [0.15, 0.2) is 18.6 Å². The summed E-state index contributed by atoms with van der Waals surface area (Å²) in [7, 11) is 1.89. The zero-order valence-corrected chi connectivity index (χ0v) is 14.2. The number of H-pyrrole nitrogens is 1. The molecule has 130 valence electrons. The van der Waals surface area contributed by atoms with Crippen LogP contribution in [0.5, 0.6) is 0 Å². The first-order valence-electron chi connectivity index (χ1n) is 8.88. The van der Waals surface area contributed by atoms with E-state index in [1.54, 1.807) is 10.9 Å². The van der Waals surface area contributed by atoms with E-state index in [1.807, 2.05) is 13.2 Å². The van der Waals surface area contributed by atoms with Crippen LogP contribution in [0.25, 0.3) is 11.0 Å². The Balaban J connectivity index is 1.54. The molecule has 8 nitrogen and oxygen atoms in total. The Morgan fingerprint density at radius 3 is 2.88 bits per heavy atom. The van der Waals surface area contributed by atoms with Crippen molar-refractivity contribution in [2.75, 3.05) is 23.7 Å². The highest BCUT2D eigenvalue weighted by Gasteiger charge is 2.29. The van der Waals surface area contributed by atoms with Gasteiger partial charge < -0.3 is 20.9 Å². The fourth-order valence-corrected chi connectivity index (χ4v) is 3.52. The van der Waals surface area contributed by atoms with Crippen molar-refractivity contribution in [3.8, 4) is 0 Å². The minimum atomic E-state index is 0.409. The average molecular weight is 338 g/mol. The molecule has 0 bridgehead atoms. The van der Waals surface area contributed by atoms with Gasteiger partial charge in [0, 0.05) is 32.0 Å². The summed E-state index contributed by atoms with van der Waals surface area (Å²) in [5.41, 5.74) is 3.11. The third kappa shape index (κ3) is 2.82. The number of aryl methyl sites for hydroxylation is 1. The van der Waals surface area contributed by atoms with Crippen LogP contribution in [0.4, 0.5) is 17.5 Å². The lowest BCUT2D eigenvalue weighted by atomic mass is 10.1. The summed E-state index contributed by atoms with van der Waals surface area (Å²) in [5.74, 6) is 2.16. The van der Waals surface area contributed by atoms with Crippen molar-refractivity contribution < 1.29 is 0 Å². The van der Waals surface area contributed by atoms with Gasteiger partial charge in [-0.1, -0.05) is 0 Å². The smallest absolute Gasteiger partial charge is 0.231 e. The van der Waals surface area contributed by atoms with Crippen molar-refractivity contribution >= 4 is 28.5 Å². The van der Waals surface area contributed by atoms with Crippen LogP contribution in [0.1, 0.15) is 30.7 Å². The largest absolute Gasteiger partial charge is 0.365 e. The summed E-state index contributed by atoms with van der Waals surface area (Å²) in [5, 5.41) is 15.6. The molecular weight excluding hydrogens is 316 g/mol. The number of rotatable bonds is 5. The van der Waals surface area contributed by atoms with E-state index in [4.69, 9.17) is 4.98 Å². The molecule has 2 aliphatic rings. The van der Waals surface area contributed by atoms with Gasteiger partial charge >= 0.3 is 0 Å². The maximum atomic E-state index is 4.79. The molecule has 0 radical (unpaired) electrons. The lowest BCUT2D eigenvalue weighted by Crippen LogP contribution is -2.23. The average Bonchev–Trinajstić information content (AvgIpc) is 2.97. The van der Waals surface area contributed by atoms with Crippen LogP contribution in [-0.2, 0) is 7.05 Å². The normalized spacial score (nSPS) is 20.3. The maximum absolute atomic E-state index is 4.79. The molecule has 8 heteroatoms. The number of nitrogens with one attached hydrogen (secondary N) is 4. The van der Waals surface area contributed by atoms with E-state index in [-0.39, 0.29) is 0 Å². The second-order valence-electron chi connectivity index (χ2n) is 7.00. The molecule has 0 aromatic carbocycles. The zero-order valence-electron chi connectivity index (χ0n) is 14.2.